The molecule has 17 heavy (non-hydrogen) atoms. The first kappa shape index (κ1) is 14.6. The van der Waals surface area contributed by atoms with Gasteiger partial charge in [0, 0.05) is 4.83 Å². The van der Waals surface area contributed by atoms with Crippen molar-refractivity contribution in [2.45, 2.75) is 43.6 Å². The van der Waals surface area contributed by atoms with E-state index < -0.39 is 11.7 Å². The zero-order valence-corrected chi connectivity index (χ0v) is 11.3. The summed E-state index contributed by atoms with van der Waals surface area (Å²) in [6, 6.07) is 5.43. The summed E-state index contributed by atoms with van der Waals surface area (Å²) in [7, 11) is 0. The molecule has 0 aliphatic rings. The second-order valence-electron chi connectivity index (χ2n) is 4.12. The van der Waals surface area contributed by atoms with E-state index in [4.69, 9.17) is 0 Å². The predicted molar refractivity (Wildman–Crippen MR) is 67.4 cm³/mol. The Balaban J connectivity index is 2.51. The van der Waals surface area contributed by atoms with Gasteiger partial charge in [0.25, 0.3) is 0 Å². The molecule has 4 heteroatoms. The van der Waals surface area contributed by atoms with Gasteiger partial charge in [0.15, 0.2) is 0 Å². The molecule has 0 aromatic heterocycles. The second-order valence-corrected chi connectivity index (χ2v) is 5.41. The van der Waals surface area contributed by atoms with Gasteiger partial charge in [-0.15, -0.1) is 0 Å². The number of benzene rings is 1. The van der Waals surface area contributed by atoms with Crippen molar-refractivity contribution >= 4 is 15.9 Å². The number of halogens is 4. The third-order valence-electron chi connectivity index (χ3n) is 2.63. The molecule has 0 aliphatic carbocycles. The highest BCUT2D eigenvalue weighted by Crippen LogP contribution is 2.29. The molecule has 1 aromatic carbocycles. The fourth-order valence-corrected chi connectivity index (χ4v) is 2.33. The van der Waals surface area contributed by atoms with Gasteiger partial charge in [-0.1, -0.05) is 41.4 Å². The molecular formula is C13H16BrF3. The van der Waals surface area contributed by atoms with Crippen LogP contribution in [0.4, 0.5) is 13.2 Å². The van der Waals surface area contributed by atoms with Crippen LogP contribution in [0.15, 0.2) is 24.3 Å². The van der Waals surface area contributed by atoms with E-state index in [0.29, 0.717) is 4.83 Å². The molecule has 0 radical (unpaired) electrons. The lowest BCUT2D eigenvalue weighted by atomic mass is 10.0. The number of hydrogen-bond donors (Lipinski definition) is 0. The van der Waals surface area contributed by atoms with E-state index in [1.54, 1.807) is 12.1 Å². The first-order valence-corrected chi connectivity index (χ1v) is 6.65. The molecule has 0 nitrogen and oxygen atoms in total. The Morgan fingerprint density at radius 2 is 1.71 bits per heavy atom. The molecule has 96 valence electrons. The maximum absolute atomic E-state index is 12.3. The van der Waals surface area contributed by atoms with Gasteiger partial charge < -0.3 is 0 Å². The molecule has 0 N–H and O–H groups in total. The summed E-state index contributed by atoms with van der Waals surface area (Å²) in [6.45, 7) is 2.12. The molecule has 1 atom stereocenters. The molecule has 0 heterocycles. The number of alkyl halides is 4. The summed E-state index contributed by atoms with van der Waals surface area (Å²) in [5, 5.41) is 0. The van der Waals surface area contributed by atoms with Gasteiger partial charge in [-0.2, -0.15) is 13.2 Å². The maximum Gasteiger partial charge on any atom is 0.416 e. The molecule has 0 amide bonds. The largest absolute Gasteiger partial charge is 0.416 e. The van der Waals surface area contributed by atoms with Crippen molar-refractivity contribution < 1.29 is 13.2 Å². The van der Waals surface area contributed by atoms with Crippen LogP contribution in [-0.2, 0) is 12.6 Å². The Kier molecular flexibility index (Phi) is 5.50. The highest BCUT2D eigenvalue weighted by molar-refractivity contribution is 9.09. The maximum atomic E-state index is 12.3. The Morgan fingerprint density at radius 3 is 2.18 bits per heavy atom. The zero-order chi connectivity index (χ0) is 12.9. The number of hydrogen-bond acceptors (Lipinski definition) is 0. The van der Waals surface area contributed by atoms with Crippen molar-refractivity contribution in [2.24, 2.45) is 0 Å². The van der Waals surface area contributed by atoms with Crippen molar-refractivity contribution in [1.82, 2.24) is 0 Å². The van der Waals surface area contributed by atoms with E-state index in [2.05, 4.69) is 22.9 Å². The molecule has 0 fully saturated rings. The van der Waals surface area contributed by atoms with Crippen LogP contribution < -0.4 is 0 Å². The van der Waals surface area contributed by atoms with E-state index in [1.165, 1.54) is 0 Å². The minimum Gasteiger partial charge on any atom is -0.166 e. The van der Waals surface area contributed by atoms with Crippen LogP contribution in [0.5, 0.6) is 0 Å². The van der Waals surface area contributed by atoms with Crippen LogP contribution in [0, 0.1) is 0 Å². The van der Waals surface area contributed by atoms with Crippen molar-refractivity contribution in [3.63, 3.8) is 0 Å². The molecule has 0 bridgehead atoms. The van der Waals surface area contributed by atoms with E-state index in [-0.39, 0.29) is 0 Å². The van der Waals surface area contributed by atoms with Crippen molar-refractivity contribution in [3.8, 4) is 0 Å². The van der Waals surface area contributed by atoms with Crippen LogP contribution >= 0.6 is 15.9 Å². The molecule has 1 rings (SSSR count). The Morgan fingerprint density at radius 1 is 1.12 bits per heavy atom. The van der Waals surface area contributed by atoms with Gasteiger partial charge in [-0.05, 0) is 37.0 Å². The van der Waals surface area contributed by atoms with Gasteiger partial charge >= 0.3 is 6.18 Å². The third-order valence-corrected chi connectivity index (χ3v) is 3.55. The summed E-state index contributed by atoms with van der Waals surface area (Å²) in [6.07, 6.45) is -0.254. The summed E-state index contributed by atoms with van der Waals surface area (Å²) in [5.41, 5.74) is 0.378. The van der Waals surface area contributed by atoms with E-state index in [0.717, 1.165) is 43.4 Å². The van der Waals surface area contributed by atoms with E-state index >= 15 is 0 Å². The Hall–Kier alpha value is -0.510. The summed E-state index contributed by atoms with van der Waals surface area (Å²) in [5.74, 6) is 0. The number of rotatable bonds is 5. The van der Waals surface area contributed by atoms with Crippen LogP contribution in [0.1, 0.15) is 37.3 Å². The van der Waals surface area contributed by atoms with Crippen LogP contribution in [-0.4, -0.2) is 4.83 Å². The molecule has 0 saturated heterocycles. The van der Waals surface area contributed by atoms with E-state index in [1.807, 2.05) is 0 Å². The molecule has 0 saturated carbocycles. The SMILES string of the molecule is CCCC(Br)CCc1ccc(C(F)(F)F)cc1. The molecule has 1 unspecified atom stereocenters. The Bertz CT molecular complexity index is 330. The van der Waals surface area contributed by atoms with Crippen molar-refractivity contribution in [1.29, 1.82) is 0 Å². The minimum atomic E-state index is -4.24. The van der Waals surface area contributed by atoms with Crippen LogP contribution in [0.25, 0.3) is 0 Å². The fraction of sp³-hybridized carbons (Fsp3) is 0.538. The third kappa shape index (κ3) is 5.11. The van der Waals surface area contributed by atoms with E-state index in [9.17, 15) is 13.2 Å². The van der Waals surface area contributed by atoms with Gasteiger partial charge in [0.1, 0.15) is 0 Å². The average Bonchev–Trinajstić information content (AvgIpc) is 2.26. The van der Waals surface area contributed by atoms with Crippen LogP contribution in [0.3, 0.4) is 0 Å². The highest BCUT2D eigenvalue weighted by atomic mass is 79.9. The quantitative estimate of drug-likeness (QED) is 0.656. The smallest absolute Gasteiger partial charge is 0.166 e. The Labute approximate surface area is 108 Å². The molecule has 0 spiro atoms. The van der Waals surface area contributed by atoms with Gasteiger partial charge in [-0.3, -0.25) is 0 Å². The van der Waals surface area contributed by atoms with Gasteiger partial charge in [0.05, 0.1) is 5.56 Å². The molecule has 0 aliphatic heterocycles. The number of aryl methyl sites for hydroxylation is 1. The van der Waals surface area contributed by atoms with Crippen LogP contribution in [0.2, 0.25) is 0 Å². The predicted octanol–water partition coefficient (Wildman–Crippen LogP) is 5.20. The van der Waals surface area contributed by atoms with Crippen molar-refractivity contribution in [3.05, 3.63) is 35.4 Å². The summed E-state index contributed by atoms with van der Waals surface area (Å²) < 4.78 is 37.0. The zero-order valence-electron chi connectivity index (χ0n) is 9.73. The van der Waals surface area contributed by atoms with Crippen molar-refractivity contribution in [2.75, 3.05) is 0 Å². The van der Waals surface area contributed by atoms with Gasteiger partial charge in [0.2, 0.25) is 0 Å². The topological polar surface area (TPSA) is 0 Å². The first-order chi connectivity index (χ1) is 7.93. The second kappa shape index (κ2) is 6.43. The lowest BCUT2D eigenvalue weighted by Crippen LogP contribution is -2.05. The molecule has 1 aromatic rings. The average molecular weight is 309 g/mol. The fourth-order valence-electron chi connectivity index (χ4n) is 1.64. The lowest BCUT2D eigenvalue weighted by molar-refractivity contribution is -0.137. The summed E-state index contributed by atoms with van der Waals surface area (Å²) >= 11 is 3.56. The minimum absolute atomic E-state index is 0.454. The normalized spacial score (nSPS) is 13.7. The van der Waals surface area contributed by atoms with Gasteiger partial charge in [-0.25, -0.2) is 0 Å². The standard InChI is InChI=1S/C13H16BrF3/c1-2-3-12(14)9-6-10-4-7-11(8-5-10)13(15,16)17/h4-5,7-8,12H,2-3,6,9H2,1H3. The first-order valence-electron chi connectivity index (χ1n) is 5.73. The molecular weight excluding hydrogens is 293 g/mol. The lowest BCUT2D eigenvalue weighted by Gasteiger charge is -2.10. The monoisotopic (exact) mass is 308 g/mol. The summed E-state index contributed by atoms with van der Waals surface area (Å²) in [4.78, 5) is 0.454. The highest BCUT2D eigenvalue weighted by Gasteiger charge is 2.29.